The molecule has 1 N–H and O–H groups in total. The van der Waals surface area contributed by atoms with Gasteiger partial charge in [0.05, 0.1) is 22.2 Å². The SMILES string of the molecule is CCCCCCCCCCCCCCCCNC(=O)N1CCN2C3=S(C)C4=C(CC=C4)C3=CN(c3ccccc3Cl)CC12. The number of unbranched alkanes of at least 4 members (excludes halogenated alkanes) is 13. The molecule has 5 rings (SSSR count). The van der Waals surface area contributed by atoms with E-state index in [4.69, 9.17) is 11.6 Å². The average Bonchev–Trinajstić information content (AvgIpc) is 3.69. The number of carbonyl (C=O) groups excluding carboxylic acids is 1. The zero-order valence-electron chi connectivity index (χ0n) is 26.6. The number of anilines is 1. The number of nitrogens with one attached hydrogen (secondary N) is 1. The van der Waals surface area contributed by atoms with Gasteiger partial charge in [-0.1, -0.05) is 126 Å². The van der Waals surface area contributed by atoms with E-state index < -0.39 is 0 Å². The van der Waals surface area contributed by atoms with Crippen molar-refractivity contribution in [3.05, 3.63) is 63.7 Å². The van der Waals surface area contributed by atoms with Crippen molar-refractivity contribution in [3.63, 3.8) is 0 Å². The van der Waals surface area contributed by atoms with E-state index in [1.165, 1.54) is 105 Å². The van der Waals surface area contributed by atoms with Crippen molar-refractivity contribution in [2.45, 2.75) is 109 Å². The van der Waals surface area contributed by atoms with Gasteiger partial charge in [-0.25, -0.2) is 9.69 Å². The molecule has 2 atom stereocenters. The molecule has 1 aromatic rings. The van der Waals surface area contributed by atoms with E-state index in [-0.39, 0.29) is 22.7 Å². The summed E-state index contributed by atoms with van der Waals surface area (Å²) in [7, 11) is 0.0118. The van der Waals surface area contributed by atoms with Crippen molar-refractivity contribution in [2.24, 2.45) is 0 Å². The number of hydrogen-bond acceptors (Lipinski definition) is 3. The van der Waals surface area contributed by atoms with Gasteiger partial charge in [0.25, 0.3) is 0 Å². The third-order valence-electron chi connectivity index (χ3n) is 9.50. The Bertz CT molecular complexity index is 1240. The van der Waals surface area contributed by atoms with E-state index in [1.807, 2.05) is 18.2 Å². The third kappa shape index (κ3) is 7.99. The molecule has 1 aliphatic carbocycles. The van der Waals surface area contributed by atoms with Crippen LogP contribution in [0.3, 0.4) is 0 Å². The molecule has 1 aromatic carbocycles. The van der Waals surface area contributed by atoms with Crippen molar-refractivity contribution in [1.29, 1.82) is 0 Å². The van der Waals surface area contributed by atoms with E-state index in [9.17, 15) is 4.79 Å². The number of nitrogens with zero attached hydrogens (tertiary/aromatic N) is 3. The lowest BCUT2D eigenvalue weighted by Gasteiger charge is -2.33. The van der Waals surface area contributed by atoms with Crippen LogP contribution in [0.25, 0.3) is 0 Å². The second kappa shape index (κ2) is 16.3. The highest BCUT2D eigenvalue weighted by Gasteiger charge is 2.44. The zero-order valence-corrected chi connectivity index (χ0v) is 28.2. The smallest absolute Gasteiger partial charge is 0.318 e. The maximum atomic E-state index is 13.5. The van der Waals surface area contributed by atoms with E-state index in [1.54, 1.807) is 0 Å². The fourth-order valence-corrected chi connectivity index (χ4v) is 9.47. The molecule has 5 nitrogen and oxygen atoms in total. The Labute approximate surface area is 268 Å². The van der Waals surface area contributed by atoms with Gasteiger partial charge in [0.2, 0.25) is 0 Å². The highest BCUT2D eigenvalue weighted by molar-refractivity contribution is 8.19. The highest BCUT2D eigenvalue weighted by atomic mass is 35.5. The fraction of sp³-hybridized carbons (Fsp3) is 0.611. The van der Waals surface area contributed by atoms with Crippen molar-refractivity contribution in [1.82, 2.24) is 15.1 Å². The minimum Gasteiger partial charge on any atom is -0.343 e. The summed E-state index contributed by atoms with van der Waals surface area (Å²) in [6, 6.07) is 8.14. The summed E-state index contributed by atoms with van der Waals surface area (Å²) in [6.07, 6.45) is 29.1. The number of fused-ring (bicyclic) bond motifs is 4. The lowest BCUT2D eigenvalue weighted by molar-refractivity contribution is 0.176. The van der Waals surface area contributed by atoms with Crippen LogP contribution in [0.2, 0.25) is 5.02 Å². The molecule has 0 spiro atoms. The van der Waals surface area contributed by atoms with E-state index in [0.717, 1.165) is 43.2 Å². The summed E-state index contributed by atoms with van der Waals surface area (Å²) in [5.74, 6) is 0. The number of para-hydroxylation sites is 1. The minimum atomic E-state index is -0.0182. The first-order chi connectivity index (χ1) is 21.1. The van der Waals surface area contributed by atoms with E-state index in [2.05, 4.69) is 57.6 Å². The van der Waals surface area contributed by atoms with Gasteiger partial charge in [-0.15, -0.1) is 10.5 Å². The van der Waals surface area contributed by atoms with Crippen molar-refractivity contribution in [3.8, 4) is 0 Å². The molecular weight excluding hydrogens is 572 g/mol. The van der Waals surface area contributed by atoms with Gasteiger partial charge in [0.15, 0.2) is 0 Å². The van der Waals surface area contributed by atoms with Crippen molar-refractivity contribution in [2.75, 3.05) is 37.3 Å². The molecular formula is C36H53ClN4OS. The summed E-state index contributed by atoms with van der Waals surface area (Å²) in [5, 5.41) is 4.01. The molecule has 1 saturated heterocycles. The molecule has 2 amide bonds. The van der Waals surface area contributed by atoms with Crippen LogP contribution in [0, 0.1) is 0 Å². The number of hydrogen-bond donors (Lipinski definition) is 1. The number of allylic oxidation sites excluding steroid dienone is 2. The van der Waals surface area contributed by atoms with Crippen molar-refractivity contribution >= 4 is 38.8 Å². The summed E-state index contributed by atoms with van der Waals surface area (Å²) in [5.41, 5.74) is 3.78. The highest BCUT2D eigenvalue weighted by Crippen LogP contribution is 2.48. The van der Waals surface area contributed by atoms with Crippen LogP contribution < -0.4 is 10.2 Å². The monoisotopic (exact) mass is 624 g/mol. The summed E-state index contributed by atoms with van der Waals surface area (Å²) in [4.78, 5) is 23.2. The van der Waals surface area contributed by atoms with Gasteiger partial charge in [-0.2, -0.15) is 0 Å². The van der Waals surface area contributed by atoms with Gasteiger partial charge >= 0.3 is 6.03 Å². The van der Waals surface area contributed by atoms with Crippen molar-refractivity contribution < 1.29 is 4.79 Å². The van der Waals surface area contributed by atoms with Gasteiger partial charge in [-0.3, -0.25) is 0 Å². The van der Waals surface area contributed by atoms with Gasteiger partial charge in [0.1, 0.15) is 6.17 Å². The molecule has 1 fully saturated rings. The van der Waals surface area contributed by atoms with Gasteiger partial charge in [0, 0.05) is 36.3 Å². The quantitative estimate of drug-likeness (QED) is 0.147. The van der Waals surface area contributed by atoms with Crippen LogP contribution in [0.4, 0.5) is 10.5 Å². The Morgan fingerprint density at radius 1 is 0.930 bits per heavy atom. The molecule has 3 aliphatic heterocycles. The molecule has 2 unspecified atom stereocenters. The first-order valence-corrected chi connectivity index (χ1v) is 19.1. The molecule has 4 aliphatic rings. The van der Waals surface area contributed by atoms with Crippen LogP contribution in [0.1, 0.15) is 103 Å². The summed E-state index contributed by atoms with van der Waals surface area (Å²) >= 11 is 6.71. The maximum Gasteiger partial charge on any atom is 0.318 e. The second-order valence-corrected chi connectivity index (χ2v) is 14.9. The number of halogens is 1. The van der Waals surface area contributed by atoms with Crippen LogP contribution in [0.5, 0.6) is 0 Å². The first kappa shape index (κ1) is 32.4. The van der Waals surface area contributed by atoms with Crippen LogP contribution in [0.15, 0.2) is 58.7 Å². The average molecular weight is 625 g/mol. The standard InChI is InChI=1S/C36H53ClN4OS/c1-3-4-5-6-7-8-9-10-11-12-13-14-15-18-24-38-36(42)41-26-25-40-34(41)28-39(32-22-17-16-21-31(32)37)27-30-29-20-19-23-33(29)43(2)35(30)40/h16-17,19,21-23,27,34H,3-15,18,20,24-26,28H2,1-2H3,(H,38,42). The topological polar surface area (TPSA) is 38.8 Å². The molecule has 7 heteroatoms. The number of urea groups is 1. The maximum absolute atomic E-state index is 13.5. The largest absolute Gasteiger partial charge is 0.343 e. The number of benzene rings is 1. The molecule has 0 bridgehead atoms. The molecule has 3 heterocycles. The van der Waals surface area contributed by atoms with Gasteiger partial charge < -0.3 is 15.1 Å². The van der Waals surface area contributed by atoms with Crippen LogP contribution >= 0.6 is 22.1 Å². The zero-order chi connectivity index (χ0) is 30.0. The van der Waals surface area contributed by atoms with Crippen LogP contribution in [-0.4, -0.2) is 59.4 Å². The molecule has 0 radical (unpaired) electrons. The molecule has 0 saturated carbocycles. The Balaban J connectivity index is 1.08. The molecule has 0 aromatic heterocycles. The predicted octanol–water partition coefficient (Wildman–Crippen LogP) is 9.43. The number of amides is 2. The Morgan fingerprint density at radius 3 is 2.26 bits per heavy atom. The van der Waals surface area contributed by atoms with E-state index >= 15 is 0 Å². The van der Waals surface area contributed by atoms with Gasteiger partial charge in [-0.05, 0) is 36.8 Å². The lowest BCUT2D eigenvalue weighted by atomic mass is 10.0. The third-order valence-corrected chi connectivity index (χ3v) is 11.9. The first-order valence-electron chi connectivity index (χ1n) is 17.1. The Kier molecular flexibility index (Phi) is 12.3. The second-order valence-electron chi connectivity index (χ2n) is 12.6. The normalized spacial score (nSPS) is 21.3. The molecule has 43 heavy (non-hydrogen) atoms. The minimum absolute atomic E-state index is 0.0118. The fourth-order valence-electron chi connectivity index (χ4n) is 7.08. The Hall–Kier alpha value is -2.02. The summed E-state index contributed by atoms with van der Waals surface area (Å²) < 4.78 is 0. The summed E-state index contributed by atoms with van der Waals surface area (Å²) in [6.45, 7) is 5.37. The number of carbonyl (C=O) groups is 1. The van der Waals surface area contributed by atoms with E-state index in [0.29, 0.717) is 6.54 Å². The molecule has 236 valence electrons. The Morgan fingerprint density at radius 2 is 1.58 bits per heavy atom. The van der Waals surface area contributed by atoms with Crippen LogP contribution in [-0.2, 0) is 0 Å². The lowest BCUT2D eigenvalue weighted by Crippen LogP contribution is -2.51. The predicted molar refractivity (Wildman–Crippen MR) is 187 cm³/mol. The number of rotatable bonds is 16.